The standard InChI is InChI=1S/C17H23ClN2O/c18-14-8-5-12(6-9-14)11-19-17(21)16-10-7-13-3-1-2-4-15(13)20-16/h5-6,8-9,13,15-16,20H,1-4,7,10-11H2,(H,19,21). The molecule has 1 saturated carbocycles. The maximum Gasteiger partial charge on any atom is 0.237 e. The number of hydrogen-bond donors (Lipinski definition) is 2. The lowest BCUT2D eigenvalue weighted by atomic mass is 9.77. The Morgan fingerprint density at radius 3 is 2.71 bits per heavy atom. The first-order valence-corrected chi connectivity index (χ1v) is 8.38. The van der Waals surface area contributed by atoms with Crippen LogP contribution >= 0.6 is 11.6 Å². The molecule has 1 aromatic carbocycles. The van der Waals surface area contributed by atoms with Crippen LogP contribution < -0.4 is 10.6 Å². The van der Waals surface area contributed by atoms with Gasteiger partial charge in [0.25, 0.3) is 0 Å². The highest BCUT2D eigenvalue weighted by Gasteiger charge is 2.34. The summed E-state index contributed by atoms with van der Waals surface area (Å²) in [5.74, 6) is 0.924. The Bertz CT molecular complexity index is 488. The van der Waals surface area contributed by atoms with Crippen molar-refractivity contribution in [1.29, 1.82) is 0 Å². The van der Waals surface area contributed by atoms with Crippen LogP contribution in [0.15, 0.2) is 24.3 Å². The fourth-order valence-corrected chi connectivity index (χ4v) is 3.74. The van der Waals surface area contributed by atoms with Crippen LogP contribution in [0.4, 0.5) is 0 Å². The molecule has 4 heteroatoms. The Morgan fingerprint density at radius 2 is 1.90 bits per heavy atom. The van der Waals surface area contributed by atoms with Gasteiger partial charge in [0, 0.05) is 17.6 Å². The average Bonchev–Trinajstić information content (AvgIpc) is 2.53. The fraction of sp³-hybridized carbons (Fsp3) is 0.588. The van der Waals surface area contributed by atoms with Gasteiger partial charge in [0.15, 0.2) is 0 Å². The van der Waals surface area contributed by atoms with Crippen LogP contribution in [0.1, 0.15) is 44.1 Å². The number of nitrogens with one attached hydrogen (secondary N) is 2. The molecule has 1 aliphatic heterocycles. The molecule has 0 bridgehead atoms. The first kappa shape index (κ1) is 14.9. The van der Waals surface area contributed by atoms with Crippen molar-refractivity contribution in [2.24, 2.45) is 5.92 Å². The van der Waals surface area contributed by atoms with Crippen LogP contribution in [0.5, 0.6) is 0 Å². The van der Waals surface area contributed by atoms with Gasteiger partial charge in [-0.2, -0.15) is 0 Å². The zero-order chi connectivity index (χ0) is 14.7. The minimum absolute atomic E-state index is 0.0170. The molecule has 114 valence electrons. The third kappa shape index (κ3) is 3.78. The van der Waals surface area contributed by atoms with Crippen LogP contribution in [0.3, 0.4) is 0 Å². The molecule has 1 aromatic rings. The highest BCUT2D eigenvalue weighted by molar-refractivity contribution is 6.30. The summed E-state index contributed by atoms with van der Waals surface area (Å²) < 4.78 is 0. The molecular formula is C17H23ClN2O. The van der Waals surface area contributed by atoms with Crippen molar-refractivity contribution in [3.8, 4) is 0 Å². The Kier molecular flexibility index (Phi) is 4.81. The van der Waals surface area contributed by atoms with Crippen LogP contribution in [-0.4, -0.2) is 18.0 Å². The molecule has 0 spiro atoms. The smallest absolute Gasteiger partial charge is 0.237 e. The second kappa shape index (κ2) is 6.80. The van der Waals surface area contributed by atoms with Crippen LogP contribution in [0.25, 0.3) is 0 Å². The Balaban J connectivity index is 1.50. The SMILES string of the molecule is O=C(NCc1ccc(Cl)cc1)C1CCC2CCCCC2N1. The third-order valence-electron chi connectivity index (χ3n) is 4.85. The van der Waals surface area contributed by atoms with E-state index in [0.29, 0.717) is 12.6 Å². The van der Waals surface area contributed by atoms with E-state index in [1.54, 1.807) is 0 Å². The van der Waals surface area contributed by atoms with Crippen LogP contribution in [0.2, 0.25) is 5.02 Å². The van der Waals surface area contributed by atoms with Crippen molar-refractivity contribution in [3.05, 3.63) is 34.9 Å². The quantitative estimate of drug-likeness (QED) is 0.900. The number of hydrogen-bond acceptors (Lipinski definition) is 2. The maximum atomic E-state index is 12.3. The molecule has 1 aliphatic carbocycles. The first-order valence-electron chi connectivity index (χ1n) is 8.00. The topological polar surface area (TPSA) is 41.1 Å². The normalized spacial score (nSPS) is 28.7. The molecule has 21 heavy (non-hydrogen) atoms. The molecule has 0 radical (unpaired) electrons. The van der Waals surface area contributed by atoms with E-state index < -0.39 is 0 Å². The summed E-state index contributed by atoms with van der Waals surface area (Å²) in [6.45, 7) is 0.572. The second-order valence-electron chi connectivity index (χ2n) is 6.29. The van der Waals surface area contributed by atoms with Gasteiger partial charge in [-0.15, -0.1) is 0 Å². The van der Waals surface area contributed by atoms with Crippen molar-refractivity contribution in [2.75, 3.05) is 0 Å². The van der Waals surface area contributed by atoms with Gasteiger partial charge in [-0.3, -0.25) is 4.79 Å². The lowest BCUT2D eigenvalue weighted by molar-refractivity contribution is -0.124. The first-order chi connectivity index (χ1) is 10.2. The number of halogens is 1. The van der Waals surface area contributed by atoms with Gasteiger partial charge < -0.3 is 10.6 Å². The highest BCUT2D eigenvalue weighted by atomic mass is 35.5. The summed E-state index contributed by atoms with van der Waals surface area (Å²) in [4.78, 5) is 12.3. The van der Waals surface area contributed by atoms with Gasteiger partial charge in [-0.25, -0.2) is 0 Å². The number of fused-ring (bicyclic) bond motifs is 1. The second-order valence-corrected chi connectivity index (χ2v) is 6.73. The van der Waals surface area contributed by atoms with E-state index in [1.165, 1.54) is 32.1 Å². The van der Waals surface area contributed by atoms with Gasteiger partial charge in [-0.1, -0.05) is 36.6 Å². The highest BCUT2D eigenvalue weighted by Crippen LogP contribution is 2.32. The molecule has 3 nitrogen and oxygen atoms in total. The van der Waals surface area contributed by atoms with Gasteiger partial charge in [0.2, 0.25) is 5.91 Å². The average molecular weight is 307 g/mol. The minimum Gasteiger partial charge on any atom is -0.351 e. The van der Waals surface area contributed by atoms with E-state index in [9.17, 15) is 4.79 Å². The maximum absolute atomic E-state index is 12.3. The predicted octanol–water partition coefficient (Wildman–Crippen LogP) is 3.27. The molecule has 3 atom stereocenters. The van der Waals surface area contributed by atoms with Crippen LogP contribution in [0, 0.1) is 5.92 Å². The van der Waals surface area contributed by atoms with E-state index >= 15 is 0 Å². The molecule has 1 saturated heterocycles. The fourth-order valence-electron chi connectivity index (χ4n) is 3.62. The van der Waals surface area contributed by atoms with Crippen molar-refractivity contribution in [3.63, 3.8) is 0 Å². The largest absolute Gasteiger partial charge is 0.351 e. The van der Waals surface area contributed by atoms with Gasteiger partial charge in [0.05, 0.1) is 6.04 Å². The lowest BCUT2D eigenvalue weighted by Crippen LogP contribution is -2.54. The number of carbonyl (C=O) groups is 1. The van der Waals surface area contributed by atoms with Crippen LogP contribution in [-0.2, 0) is 11.3 Å². The molecular weight excluding hydrogens is 284 g/mol. The van der Waals surface area contributed by atoms with E-state index in [-0.39, 0.29) is 11.9 Å². The summed E-state index contributed by atoms with van der Waals surface area (Å²) in [7, 11) is 0. The van der Waals surface area contributed by atoms with E-state index in [2.05, 4.69) is 10.6 Å². The monoisotopic (exact) mass is 306 g/mol. The molecule has 0 aromatic heterocycles. The Hall–Kier alpha value is -1.06. The molecule has 2 N–H and O–H groups in total. The number of carbonyl (C=O) groups excluding carboxylic acids is 1. The predicted molar refractivity (Wildman–Crippen MR) is 85.2 cm³/mol. The van der Waals surface area contributed by atoms with Gasteiger partial charge >= 0.3 is 0 Å². The summed E-state index contributed by atoms with van der Waals surface area (Å²) in [6, 6.07) is 8.15. The lowest BCUT2D eigenvalue weighted by Gasteiger charge is -2.39. The molecule has 3 unspecified atom stereocenters. The van der Waals surface area contributed by atoms with Crippen molar-refractivity contribution in [1.82, 2.24) is 10.6 Å². The number of rotatable bonds is 3. The minimum atomic E-state index is -0.0170. The zero-order valence-electron chi connectivity index (χ0n) is 12.3. The molecule has 1 heterocycles. The molecule has 2 fully saturated rings. The third-order valence-corrected chi connectivity index (χ3v) is 5.10. The summed E-state index contributed by atoms with van der Waals surface area (Å²) in [5.41, 5.74) is 1.08. The summed E-state index contributed by atoms with van der Waals surface area (Å²) in [6.07, 6.45) is 7.37. The van der Waals surface area contributed by atoms with E-state index in [4.69, 9.17) is 11.6 Å². The van der Waals surface area contributed by atoms with Crippen molar-refractivity contribution < 1.29 is 4.79 Å². The Morgan fingerprint density at radius 1 is 1.14 bits per heavy atom. The summed E-state index contributed by atoms with van der Waals surface area (Å²) >= 11 is 5.86. The van der Waals surface area contributed by atoms with Crippen molar-refractivity contribution in [2.45, 2.75) is 57.2 Å². The van der Waals surface area contributed by atoms with Gasteiger partial charge in [-0.05, 0) is 49.3 Å². The van der Waals surface area contributed by atoms with Gasteiger partial charge in [0.1, 0.15) is 0 Å². The van der Waals surface area contributed by atoms with E-state index in [0.717, 1.165) is 22.9 Å². The van der Waals surface area contributed by atoms with Crippen molar-refractivity contribution >= 4 is 17.5 Å². The molecule has 3 rings (SSSR count). The zero-order valence-corrected chi connectivity index (χ0v) is 13.0. The number of amides is 1. The number of benzene rings is 1. The number of piperidine rings is 1. The van der Waals surface area contributed by atoms with E-state index in [1.807, 2.05) is 24.3 Å². The molecule has 2 aliphatic rings. The summed E-state index contributed by atoms with van der Waals surface area (Å²) in [5, 5.41) is 7.33. The Labute approximate surface area is 131 Å². The molecule has 1 amide bonds.